The number of benzene rings is 2. The highest BCUT2D eigenvalue weighted by atomic mass is 16.5. The molecule has 1 aliphatic carbocycles. The van der Waals surface area contributed by atoms with Crippen molar-refractivity contribution in [2.75, 3.05) is 33.3 Å². The normalized spacial score (nSPS) is 21.2. The molecule has 162 valence electrons. The van der Waals surface area contributed by atoms with E-state index in [1.165, 1.54) is 19.5 Å². The van der Waals surface area contributed by atoms with Crippen molar-refractivity contribution >= 4 is 33.9 Å². The minimum absolute atomic E-state index is 0.0998. The van der Waals surface area contributed by atoms with Crippen molar-refractivity contribution in [3.05, 3.63) is 36.0 Å². The Morgan fingerprint density at radius 3 is 2.94 bits per heavy atom. The molecule has 3 unspecified atom stereocenters. The Balaban J connectivity index is 1.34. The molecule has 2 aliphatic rings. The summed E-state index contributed by atoms with van der Waals surface area (Å²) in [4.78, 5) is 25.9. The zero-order chi connectivity index (χ0) is 21.4. The molecule has 3 atom stereocenters. The number of nitrogens with zero attached hydrogens (tertiary/aromatic N) is 2. The Morgan fingerprint density at radius 1 is 1.32 bits per heavy atom. The van der Waals surface area contributed by atoms with Gasteiger partial charge >= 0.3 is 0 Å². The van der Waals surface area contributed by atoms with E-state index in [0.717, 1.165) is 46.6 Å². The number of hydrogen-bond acceptors (Lipinski definition) is 6. The number of fused-ring (bicyclic) bond motifs is 4. The molecule has 7 nitrogen and oxygen atoms in total. The molecule has 2 aromatic carbocycles. The molecule has 1 aromatic heterocycles. The number of likely N-dealkylation sites (tertiary alicyclic amines) is 1. The fourth-order valence-electron chi connectivity index (χ4n) is 4.77. The Morgan fingerprint density at radius 2 is 2.16 bits per heavy atom. The number of hydrogen-bond donors (Lipinski definition) is 1. The fraction of sp³-hybridized carbons (Fsp3) is 0.458. The highest BCUT2D eigenvalue weighted by Gasteiger charge is 2.44. The number of amides is 1. The first kappa shape index (κ1) is 20.0. The van der Waals surface area contributed by atoms with Gasteiger partial charge in [0.2, 0.25) is 5.91 Å². The quantitative estimate of drug-likeness (QED) is 0.535. The van der Waals surface area contributed by atoms with Crippen LogP contribution in [0.4, 0.5) is 0 Å². The topological polar surface area (TPSA) is 84.7 Å². The second kappa shape index (κ2) is 8.30. The monoisotopic (exact) mass is 421 g/mol. The predicted molar refractivity (Wildman–Crippen MR) is 117 cm³/mol. The first-order chi connectivity index (χ1) is 15.2. The summed E-state index contributed by atoms with van der Waals surface area (Å²) in [5.74, 6) is 2.12. The molecule has 31 heavy (non-hydrogen) atoms. The van der Waals surface area contributed by atoms with Crippen molar-refractivity contribution < 1.29 is 18.8 Å². The second-order valence-corrected chi connectivity index (χ2v) is 8.71. The number of piperidine rings is 1. The van der Waals surface area contributed by atoms with E-state index in [1.54, 1.807) is 7.05 Å². The first-order valence-corrected chi connectivity index (χ1v) is 11.0. The fourth-order valence-corrected chi connectivity index (χ4v) is 4.77. The SMILES string of the molecule is CNC(=O)CCC(C=O)c1noc2ccc3cc(OCCN4CC5CC5C4)ccc3c12. The minimum Gasteiger partial charge on any atom is -0.492 e. The standard InChI is InChI=1S/C24H27N3O4/c1-25-22(29)7-3-16(14-28)24-23-20-5-4-19(11-15(20)2-6-21(23)31-26-24)30-9-8-27-12-17-10-18(17)13-27/h2,4-6,11,14,16-18H,3,7-10,12-13H2,1H3,(H,25,29). The number of aldehydes is 1. The Hall–Kier alpha value is -2.93. The lowest BCUT2D eigenvalue weighted by molar-refractivity contribution is -0.120. The molecule has 1 amide bonds. The third kappa shape index (κ3) is 4.02. The van der Waals surface area contributed by atoms with Gasteiger partial charge in [-0.1, -0.05) is 11.2 Å². The summed E-state index contributed by atoms with van der Waals surface area (Å²) in [5, 5.41) is 9.56. The van der Waals surface area contributed by atoms with Gasteiger partial charge in [0.05, 0.1) is 11.3 Å². The van der Waals surface area contributed by atoms with Crippen molar-refractivity contribution in [2.24, 2.45) is 11.8 Å². The van der Waals surface area contributed by atoms with Crippen LogP contribution in [0.2, 0.25) is 0 Å². The molecule has 1 saturated heterocycles. The number of nitrogens with one attached hydrogen (secondary N) is 1. The van der Waals surface area contributed by atoms with Gasteiger partial charge in [0, 0.05) is 33.1 Å². The average Bonchev–Trinajstić information content (AvgIpc) is 3.19. The number of carbonyl (C=O) groups excluding carboxylic acids is 2. The molecule has 1 N–H and O–H groups in total. The maximum atomic E-state index is 11.8. The van der Waals surface area contributed by atoms with Crippen LogP contribution in [0.1, 0.15) is 30.9 Å². The van der Waals surface area contributed by atoms with Crippen molar-refractivity contribution in [1.29, 1.82) is 0 Å². The zero-order valence-corrected chi connectivity index (χ0v) is 17.7. The van der Waals surface area contributed by atoms with E-state index >= 15 is 0 Å². The van der Waals surface area contributed by atoms with Crippen molar-refractivity contribution in [3.8, 4) is 5.75 Å². The van der Waals surface area contributed by atoms with E-state index in [1.807, 2.05) is 30.3 Å². The summed E-state index contributed by atoms with van der Waals surface area (Å²) in [6.07, 6.45) is 2.91. The highest BCUT2D eigenvalue weighted by Crippen LogP contribution is 2.44. The van der Waals surface area contributed by atoms with Crippen molar-refractivity contribution in [2.45, 2.75) is 25.2 Å². The van der Waals surface area contributed by atoms with E-state index in [2.05, 4.69) is 15.4 Å². The van der Waals surface area contributed by atoms with Gasteiger partial charge in [0.15, 0.2) is 5.58 Å². The van der Waals surface area contributed by atoms with Gasteiger partial charge in [-0.2, -0.15) is 0 Å². The van der Waals surface area contributed by atoms with Crippen LogP contribution in [-0.2, 0) is 9.59 Å². The van der Waals surface area contributed by atoms with Crippen LogP contribution in [0.15, 0.2) is 34.9 Å². The molecule has 2 fully saturated rings. The van der Waals surface area contributed by atoms with Gasteiger partial charge in [-0.25, -0.2) is 0 Å². The van der Waals surface area contributed by atoms with E-state index < -0.39 is 5.92 Å². The van der Waals surface area contributed by atoms with Gasteiger partial charge in [-0.05, 0) is 59.7 Å². The van der Waals surface area contributed by atoms with Crippen LogP contribution in [0, 0.1) is 11.8 Å². The largest absolute Gasteiger partial charge is 0.492 e. The van der Waals surface area contributed by atoms with Gasteiger partial charge < -0.3 is 19.4 Å². The molecule has 1 saturated carbocycles. The summed E-state index contributed by atoms with van der Waals surface area (Å²) in [6, 6.07) is 9.83. The number of ether oxygens (including phenoxy) is 1. The molecule has 5 rings (SSSR count). The molecule has 0 spiro atoms. The van der Waals surface area contributed by atoms with Gasteiger partial charge in [0.25, 0.3) is 0 Å². The maximum Gasteiger partial charge on any atom is 0.219 e. The van der Waals surface area contributed by atoms with Gasteiger partial charge in [-0.15, -0.1) is 0 Å². The third-order valence-electron chi connectivity index (χ3n) is 6.66. The molecule has 2 heterocycles. The summed E-state index contributed by atoms with van der Waals surface area (Å²) >= 11 is 0. The van der Waals surface area contributed by atoms with Crippen molar-refractivity contribution in [3.63, 3.8) is 0 Å². The van der Waals surface area contributed by atoms with Crippen LogP contribution < -0.4 is 10.1 Å². The van der Waals surface area contributed by atoms with E-state index in [-0.39, 0.29) is 12.3 Å². The molecule has 0 radical (unpaired) electrons. The third-order valence-corrected chi connectivity index (χ3v) is 6.66. The van der Waals surface area contributed by atoms with E-state index in [4.69, 9.17) is 9.26 Å². The molecule has 7 heteroatoms. The average molecular weight is 421 g/mol. The summed E-state index contributed by atoms with van der Waals surface area (Å²) in [7, 11) is 1.59. The van der Waals surface area contributed by atoms with E-state index in [9.17, 15) is 9.59 Å². The molecular formula is C24H27N3O4. The number of carbonyl (C=O) groups is 2. The maximum absolute atomic E-state index is 11.8. The highest BCUT2D eigenvalue weighted by molar-refractivity contribution is 6.08. The van der Waals surface area contributed by atoms with Crippen LogP contribution in [-0.4, -0.2) is 55.5 Å². The molecule has 0 bridgehead atoms. The Kier molecular flexibility index (Phi) is 5.36. The van der Waals surface area contributed by atoms with Crippen LogP contribution >= 0.6 is 0 Å². The molecule has 1 aliphatic heterocycles. The smallest absolute Gasteiger partial charge is 0.219 e. The van der Waals surface area contributed by atoms with Crippen LogP contribution in [0.3, 0.4) is 0 Å². The van der Waals surface area contributed by atoms with Crippen LogP contribution in [0.5, 0.6) is 5.75 Å². The minimum atomic E-state index is -0.494. The first-order valence-electron chi connectivity index (χ1n) is 11.0. The second-order valence-electron chi connectivity index (χ2n) is 8.71. The summed E-state index contributed by atoms with van der Waals surface area (Å²) < 4.78 is 11.5. The summed E-state index contributed by atoms with van der Waals surface area (Å²) in [5.41, 5.74) is 1.22. The summed E-state index contributed by atoms with van der Waals surface area (Å²) in [6.45, 7) is 4.08. The van der Waals surface area contributed by atoms with Crippen molar-refractivity contribution in [1.82, 2.24) is 15.4 Å². The lowest BCUT2D eigenvalue weighted by Crippen LogP contribution is -2.27. The zero-order valence-electron chi connectivity index (χ0n) is 17.7. The Labute approximate surface area is 180 Å². The number of aromatic nitrogens is 1. The molecule has 3 aromatic rings. The van der Waals surface area contributed by atoms with Crippen LogP contribution in [0.25, 0.3) is 21.7 Å². The number of rotatable bonds is 9. The lowest BCUT2D eigenvalue weighted by atomic mass is 9.95. The lowest BCUT2D eigenvalue weighted by Gasteiger charge is -2.17. The van der Waals surface area contributed by atoms with Gasteiger partial charge in [0.1, 0.15) is 24.3 Å². The molecular weight excluding hydrogens is 394 g/mol. The Bertz CT molecular complexity index is 1110. The van der Waals surface area contributed by atoms with E-state index in [0.29, 0.717) is 24.3 Å². The van der Waals surface area contributed by atoms with Gasteiger partial charge in [-0.3, -0.25) is 9.69 Å². The predicted octanol–water partition coefficient (Wildman–Crippen LogP) is 3.12.